The summed E-state index contributed by atoms with van der Waals surface area (Å²) in [6.45, 7) is 7.03. The fourth-order valence-electron chi connectivity index (χ4n) is 9.37. The molecule has 0 radical (unpaired) electrons. The van der Waals surface area contributed by atoms with E-state index in [4.69, 9.17) is 0 Å². The minimum Gasteiger partial charge on any atom is -0.310 e. The normalized spacial score (nSPS) is 20.5. The van der Waals surface area contributed by atoms with Crippen molar-refractivity contribution in [3.63, 3.8) is 0 Å². The van der Waals surface area contributed by atoms with E-state index >= 15 is 0 Å². The summed E-state index contributed by atoms with van der Waals surface area (Å²) in [7, 11) is 0. The molecule has 3 aliphatic carbocycles. The molecule has 0 N–H and O–H groups in total. The zero-order valence-electron chi connectivity index (χ0n) is 27.1. The van der Waals surface area contributed by atoms with E-state index in [1.165, 1.54) is 98.0 Å². The maximum Gasteiger partial charge on any atom is 0.0546 e. The lowest BCUT2D eigenvalue weighted by Gasteiger charge is -2.34. The Morgan fingerprint density at radius 1 is 0.565 bits per heavy atom. The van der Waals surface area contributed by atoms with E-state index in [9.17, 15) is 0 Å². The molecule has 6 aromatic carbocycles. The molecule has 226 valence electrons. The molecule has 1 nitrogen and oxygen atoms in total. The fourth-order valence-corrected chi connectivity index (χ4v) is 9.37. The standard InChI is InChI=1S/C45H41N/c1-29-12-4-7-15-35(29)40-26-31-13-5-6-14-32(31)27-44(40)46(43-19-11-9-17-38(43)39-25-30-20-21-33(39)24-30)34-22-23-37-36-16-8-10-18-41(36)45(2,3)42(37)28-34/h4-19,22-23,26-28,30,33,39H,20-21,24-25H2,1-3H3. The number of aryl methyl sites for hydroxylation is 1. The van der Waals surface area contributed by atoms with Crippen molar-refractivity contribution in [1.82, 2.24) is 0 Å². The van der Waals surface area contributed by atoms with E-state index in [0.717, 1.165) is 11.8 Å². The molecule has 3 aliphatic rings. The summed E-state index contributed by atoms with van der Waals surface area (Å²) in [5, 5.41) is 2.54. The molecule has 9 rings (SSSR count). The highest BCUT2D eigenvalue weighted by molar-refractivity contribution is 5.99. The largest absolute Gasteiger partial charge is 0.310 e. The Morgan fingerprint density at radius 2 is 1.26 bits per heavy atom. The fraction of sp³-hybridized carbons (Fsp3) is 0.244. The van der Waals surface area contributed by atoms with Crippen LogP contribution >= 0.6 is 0 Å². The second kappa shape index (κ2) is 10.5. The minimum absolute atomic E-state index is 0.0695. The van der Waals surface area contributed by atoms with Gasteiger partial charge in [0.2, 0.25) is 0 Å². The van der Waals surface area contributed by atoms with Crippen LogP contribution in [0, 0.1) is 18.8 Å². The molecule has 0 aliphatic heterocycles. The van der Waals surface area contributed by atoms with Crippen LogP contribution in [0.2, 0.25) is 0 Å². The van der Waals surface area contributed by atoms with Crippen molar-refractivity contribution >= 4 is 27.8 Å². The van der Waals surface area contributed by atoms with Crippen molar-refractivity contribution in [2.24, 2.45) is 11.8 Å². The number of rotatable bonds is 5. The molecule has 0 spiro atoms. The number of anilines is 3. The number of benzene rings is 6. The number of hydrogen-bond acceptors (Lipinski definition) is 1. The Kier molecular flexibility index (Phi) is 6.29. The average Bonchev–Trinajstić information content (AvgIpc) is 3.78. The van der Waals surface area contributed by atoms with Crippen LogP contribution in [-0.2, 0) is 5.41 Å². The van der Waals surface area contributed by atoms with Gasteiger partial charge in [-0.1, -0.05) is 117 Å². The third-order valence-corrected chi connectivity index (χ3v) is 11.7. The lowest BCUT2D eigenvalue weighted by molar-refractivity contribution is 0.420. The third-order valence-electron chi connectivity index (χ3n) is 11.7. The van der Waals surface area contributed by atoms with Gasteiger partial charge in [0.05, 0.1) is 5.69 Å². The molecule has 0 aromatic heterocycles. The van der Waals surface area contributed by atoms with Gasteiger partial charge in [-0.15, -0.1) is 0 Å². The van der Waals surface area contributed by atoms with Crippen LogP contribution in [0.4, 0.5) is 17.1 Å². The van der Waals surface area contributed by atoms with Gasteiger partial charge in [0.15, 0.2) is 0 Å². The lowest BCUT2D eigenvalue weighted by Crippen LogP contribution is -2.19. The average molecular weight is 596 g/mol. The van der Waals surface area contributed by atoms with Gasteiger partial charge in [-0.05, 0) is 124 Å². The Bertz CT molecular complexity index is 2130. The van der Waals surface area contributed by atoms with Crippen LogP contribution in [0.3, 0.4) is 0 Å². The van der Waals surface area contributed by atoms with Crippen LogP contribution in [0.15, 0.2) is 127 Å². The molecule has 6 aromatic rings. The maximum absolute atomic E-state index is 2.62. The number of fused-ring (bicyclic) bond motifs is 6. The Labute approximate surface area is 273 Å². The van der Waals surface area contributed by atoms with E-state index in [2.05, 4.69) is 153 Å². The van der Waals surface area contributed by atoms with Crippen LogP contribution in [0.5, 0.6) is 0 Å². The van der Waals surface area contributed by atoms with E-state index in [0.29, 0.717) is 5.92 Å². The Balaban J connectivity index is 1.33. The summed E-state index contributed by atoms with van der Waals surface area (Å²) in [4.78, 5) is 2.62. The van der Waals surface area contributed by atoms with E-state index < -0.39 is 0 Å². The molecule has 0 amide bonds. The molecule has 46 heavy (non-hydrogen) atoms. The zero-order chi connectivity index (χ0) is 31.0. The van der Waals surface area contributed by atoms with Gasteiger partial charge in [0, 0.05) is 22.4 Å². The molecule has 2 saturated carbocycles. The van der Waals surface area contributed by atoms with E-state index in [1.807, 2.05) is 0 Å². The zero-order valence-corrected chi connectivity index (χ0v) is 27.1. The number of hydrogen-bond donors (Lipinski definition) is 0. The summed E-state index contributed by atoms with van der Waals surface area (Å²) in [5.41, 5.74) is 14.7. The van der Waals surface area contributed by atoms with Crippen molar-refractivity contribution in [3.05, 3.63) is 150 Å². The molecule has 0 heterocycles. The molecule has 2 fully saturated rings. The van der Waals surface area contributed by atoms with E-state index in [1.54, 1.807) is 0 Å². The minimum atomic E-state index is -0.0695. The maximum atomic E-state index is 2.62. The van der Waals surface area contributed by atoms with E-state index in [-0.39, 0.29) is 5.41 Å². The third kappa shape index (κ3) is 4.21. The highest BCUT2D eigenvalue weighted by Crippen LogP contribution is 2.57. The predicted octanol–water partition coefficient (Wildman–Crippen LogP) is 12.5. The smallest absolute Gasteiger partial charge is 0.0546 e. The van der Waals surface area contributed by atoms with Crippen molar-refractivity contribution < 1.29 is 0 Å². The van der Waals surface area contributed by atoms with Crippen LogP contribution < -0.4 is 4.90 Å². The molecule has 0 saturated heterocycles. The molecule has 3 atom stereocenters. The number of para-hydroxylation sites is 1. The lowest BCUT2D eigenvalue weighted by atomic mass is 9.81. The first-order chi connectivity index (χ1) is 22.5. The molecule has 2 bridgehead atoms. The number of nitrogens with zero attached hydrogens (tertiary/aromatic N) is 1. The van der Waals surface area contributed by atoms with Gasteiger partial charge in [-0.2, -0.15) is 0 Å². The van der Waals surface area contributed by atoms with Crippen LogP contribution in [0.25, 0.3) is 33.0 Å². The van der Waals surface area contributed by atoms with Crippen molar-refractivity contribution in [1.29, 1.82) is 0 Å². The van der Waals surface area contributed by atoms with Gasteiger partial charge < -0.3 is 4.90 Å². The van der Waals surface area contributed by atoms with Gasteiger partial charge in [0.1, 0.15) is 0 Å². The summed E-state index contributed by atoms with van der Waals surface area (Å²) in [6, 6.07) is 48.2. The van der Waals surface area contributed by atoms with Crippen LogP contribution in [-0.4, -0.2) is 0 Å². The second-order valence-electron chi connectivity index (χ2n) is 14.6. The van der Waals surface area contributed by atoms with Crippen molar-refractivity contribution in [2.45, 2.75) is 57.8 Å². The first-order valence-electron chi connectivity index (χ1n) is 17.2. The first kappa shape index (κ1) is 27.7. The molecular formula is C45H41N. The molecule has 1 heteroatoms. The van der Waals surface area contributed by atoms with Gasteiger partial charge in [0.25, 0.3) is 0 Å². The Morgan fingerprint density at radius 3 is 2.04 bits per heavy atom. The summed E-state index contributed by atoms with van der Waals surface area (Å²) in [6.07, 6.45) is 5.51. The van der Waals surface area contributed by atoms with Crippen molar-refractivity contribution in [2.75, 3.05) is 4.90 Å². The first-order valence-corrected chi connectivity index (χ1v) is 17.2. The highest BCUT2D eigenvalue weighted by atomic mass is 15.1. The quantitative estimate of drug-likeness (QED) is 0.192. The van der Waals surface area contributed by atoms with Gasteiger partial charge in [-0.3, -0.25) is 0 Å². The van der Waals surface area contributed by atoms with Gasteiger partial charge in [-0.25, -0.2) is 0 Å². The summed E-state index contributed by atoms with van der Waals surface area (Å²) >= 11 is 0. The highest BCUT2D eigenvalue weighted by Gasteiger charge is 2.42. The summed E-state index contributed by atoms with van der Waals surface area (Å²) in [5.74, 6) is 2.31. The topological polar surface area (TPSA) is 3.24 Å². The SMILES string of the molecule is Cc1ccccc1-c1cc2ccccc2cc1N(c1ccc2c(c1)C(C)(C)c1ccccc1-2)c1ccccc1C1CC2CCC1C2. The monoisotopic (exact) mass is 595 g/mol. The Hall–Kier alpha value is -4.62. The molecule has 3 unspecified atom stereocenters. The predicted molar refractivity (Wildman–Crippen MR) is 195 cm³/mol. The second-order valence-corrected chi connectivity index (χ2v) is 14.6. The van der Waals surface area contributed by atoms with Gasteiger partial charge >= 0.3 is 0 Å². The van der Waals surface area contributed by atoms with Crippen molar-refractivity contribution in [3.8, 4) is 22.3 Å². The molecular weight excluding hydrogens is 555 g/mol. The van der Waals surface area contributed by atoms with Crippen LogP contribution in [0.1, 0.15) is 67.7 Å². The summed E-state index contributed by atoms with van der Waals surface area (Å²) < 4.78 is 0.